The molecule has 1 saturated heterocycles. The highest BCUT2D eigenvalue weighted by Gasteiger charge is 2.54. The van der Waals surface area contributed by atoms with Crippen LogP contribution in [0.1, 0.15) is 54.9 Å². The van der Waals surface area contributed by atoms with Gasteiger partial charge < -0.3 is 23.7 Å². The number of ether oxygens (including phenoxy) is 3. The first-order valence-corrected chi connectivity index (χ1v) is 14.1. The molecule has 0 aliphatic carbocycles. The Bertz CT molecular complexity index is 868. The zero-order valence-electron chi connectivity index (χ0n) is 22.0. The second kappa shape index (κ2) is 10.2. The molecule has 5 nitrogen and oxygen atoms in total. The topological polar surface area (TPSA) is 57.2 Å². The van der Waals surface area contributed by atoms with Crippen LogP contribution in [0.2, 0.25) is 5.04 Å². The van der Waals surface area contributed by atoms with Gasteiger partial charge in [-0.25, -0.2) is 0 Å². The first-order valence-electron chi connectivity index (χ1n) is 12.2. The summed E-state index contributed by atoms with van der Waals surface area (Å²) < 4.78 is 25.5. The van der Waals surface area contributed by atoms with Crippen molar-refractivity contribution in [3.63, 3.8) is 0 Å². The van der Waals surface area contributed by atoms with Crippen LogP contribution in [0.4, 0.5) is 0 Å². The molecular weight excluding hydrogens is 444 g/mol. The molecule has 1 heterocycles. The Labute approximate surface area is 206 Å². The monoisotopic (exact) mass is 486 g/mol. The van der Waals surface area contributed by atoms with Crippen molar-refractivity contribution in [2.75, 3.05) is 13.7 Å². The normalized spacial score (nSPS) is 23.4. The van der Waals surface area contributed by atoms with E-state index >= 15 is 0 Å². The second-order valence-corrected chi connectivity index (χ2v) is 15.3. The Balaban J connectivity index is 2.03. The Kier molecular flexibility index (Phi) is 8.12. The standard InChI is InChI=1S/C28H42O5Si/c1-9-28(7,29)25(30-8)24-23(32-27(5,6)33-24)20-31-34(26(2,3)4,21-16-12-10-13-17-21)22-18-14-11-15-19-22/h10-19,23-25,29H,9,20H2,1-8H3. The van der Waals surface area contributed by atoms with E-state index < -0.39 is 31.9 Å². The smallest absolute Gasteiger partial charge is 0.261 e. The average Bonchev–Trinajstić information content (AvgIpc) is 3.09. The SMILES string of the molecule is CCC(C)(O)C(OC)C1OC(C)(C)OC1CO[Si](c1ccccc1)(c1ccccc1)C(C)(C)C. The molecule has 0 aromatic heterocycles. The van der Waals surface area contributed by atoms with Crippen molar-refractivity contribution in [3.05, 3.63) is 60.7 Å². The van der Waals surface area contributed by atoms with E-state index in [0.717, 1.165) is 0 Å². The van der Waals surface area contributed by atoms with Crippen LogP contribution in [-0.4, -0.2) is 56.8 Å². The van der Waals surface area contributed by atoms with Gasteiger partial charge in [0.25, 0.3) is 8.32 Å². The summed E-state index contributed by atoms with van der Waals surface area (Å²) in [5, 5.41) is 13.3. The fraction of sp³-hybridized carbons (Fsp3) is 0.571. The molecule has 1 aliphatic rings. The molecule has 0 saturated carbocycles. The first-order chi connectivity index (χ1) is 15.9. The Morgan fingerprint density at radius 1 is 0.941 bits per heavy atom. The third-order valence-electron chi connectivity index (χ3n) is 6.98. The summed E-state index contributed by atoms with van der Waals surface area (Å²) in [5.41, 5.74) is -1.06. The number of aliphatic hydroxyl groups is 1. The van der Waals surface area contributed by atoms with Crippen LogP contribution in [0.25, 0.3) is 0 Å². The minimum atomic E-state index is -2.73. The predicted molar refractivity (Wildman–Crippen MR) is 139 cm³/mol. The molecule has 0 bridgehead atoms. The number of rotatable bonds is 9. The van der Waals surface area contributed by atoms with Crippen LogP contribution in [0.15, 0.2) is 60.7 Å². The third-order valence-corrected chi connectivity index (χ3v) is 12.0. The van der Waals surface area contributed by atoms with E-state index in [1.807, 2.05) is 32.9 Å². The minimum Gasteiger partial charge on any atom is -0.405 e. The van der Waals surface area contributed by atoms with Crippen LogP contribution < -0.4 is 10.4 Å². The lowest BCUT2D eigenvalue weighted by atomic mass is 9.89. The summed E-state index contributed by atoms with van der Waals surface area (Å²) in [6.45, 7) is 14.6. The van der Waals surface area contributed by atoms with Gasteiger partial charge in [0.15, 0.2) is 5.79 Å². The van der Waals surface area contributed by atoms with E-state index in [1.165, 1.54) is 10.4 Å². The molecular formula is C28H42O5Si. The summed E-state index contributed by atoms with van der Waals surface area (Å²) in [6, 6.07) is 21.1. The highest BCUT2D eigenvalue weighted by Crippen LogP contribution is 2.39. The average molecular weight is 487 g/mol. The van der Waals surface area contributed by atoms with Gasteiger partial charge in [0.2, 0.25) is 0 Å². The van der Waals surface area contributed by atoms with Gasteiger partial charge in [-0.2, -0.15) is 0 Å². The van der Waals surface area contributed by atoms with Gasteiger partial charge in [-0.1, -0.05) is 88.4 Å². The van der Waals surface area contributed by atoms with Crippen molar-refractivity contribution in [1.29, 1.82) is 0 Å². The lowest BCUT2D eigenvalue weighted by molar-refractivity contribution is -0.181. The van der Waals surface area contributed by atoms with Gasteiger partial charge in [-0.3, -0.25) is 0 Å². The molecule has 0 spiro atoms. The van der Waals surface area contributed by atoms with Crippen molar-refractivity contribution in [1.82, 2.24) is 0 Å². The van der Waals surface area contributed by atoms with Gasteiger partial charge in [0.05, 0.1) is 12.2 Å². The van der Waals surface area contributed by atoms with Crippen molar-refractivity contribution >= 4 is 18.7 Å². The molecule has 6 heteroatoms. The molecule has 4 atom stereocenters. The number of benzene rings is 2. The van der Waals surface area contributed by atoms with E-state index in [9.17, 15) is 5.11 Å². The maximum absolute atomic E-state index is 11.1. The van der Waals surface area contributed by atoms with E-state index in [1.54, 1.807) is 14.0 Å². The number of hydrogen-bond donors (Lipinski definition) is 1. The number of hydrogen-bond acceptors (Lipinski definition) is 5. The quantitative estimate of drug-likeness (QED) is 0.537. The van der Waals surface area contributed by atoms with Crippen LogP contribution in [0.3, 0.4) is 0 Å². The molecule has 0 amide bonds. The van der Waals surface area contributed by atoms with E-state index in [0.29, 0.717) is 13.0 Å². The lowest BCUT2D eigenvalue weighted by Gasteiger charge is -2.44. The molecule has 1 fully saturated rings. The predicted octanol–water partition coefficient (Wildman–Crippen LogP) is 4.26. The van der Waals surface area contributed by atoms with Crippen LogP contribution >= 0.6 is 0 Å². The van der Waals surface area contributed by atoms with Gasteiger partial charge in [0.1, 0.15) is 18.3 Å². The zero-order valence-corrected chi connectivity index (χ0v) is 23.0. The maximum Gasteiger partial charge on any atom is 0.261 e. The molecule has 1 N–H and O–H groups in total. The zero-order chi connectivity index (χ0) is 25.2. The lowest BCUT2D eigenvalue weighted by Crippen LogP contribution is -2.67. The van der Waals surface area contributed by atoms with Gasteiger partial charge >= 0.3 is 0 Å². The Morgan fingerprint density at radius 3 is 1.85 bits per heavy atom. The summed E-state index contributed by atoms with van der Waals surface area (Å²) >= 11 is 0. The summed E-state index contributed by atoms with van der Waals surface area (Å²) in [4.78, 5) is 0. The molecule has 0 radical (unpaired) electrons. The van der Waals surface area contributed by atoms with Gasteiger partial charge in [-0.05, 0) is 42.6 Å². The van der Waals surface area contributed by atoms with E-state index in [4.69, 9.17) is 18.6 Å². The minimum absolute atomic E-state index is 0.143. The summed E-state index contributed by atoms with van der Waals surface area (Å²) in [7, 11) is -1.12. The van der Waals surface area contributed by atoms with Crippen molar-refractivity contribution in [2.24, 2.45) is 0 Å². The number of methoxy groups -OCH3 is 1. The largest absolute Gasteiger partial charge is 0.405 e. The molecule has 34 heavy (non-hydrogen) atoms. The van der Waals surface area contributed by atoms with Crippen molar-refractivity contribution in [2.45, 2.75) is 89.6 Å². The molecule has 3 rings (SSSR count). The summed E-state index contributed by atoms with van der Waals surface area (Å²) in [6.07, 6.45) is -0.867. The molecule has 4 unspecified atom stereocenters. The Hall–Kier alpha value is -1.54. The van der Waals surface area contributed by atoms with Crippen LogP contribution in [0.5, 0.6) is 0 Å². The highest BCUT2D eigenvalue weighted by molar-refractivity contribution is 6.99. The van der Waals surface area contributed by atoms with Crippen LogP contribution in [-0.2, 0) is 18.6 Å². The maximum atomic E-state index is 11.1. The molecule has 2 aromatic carbocycles. The Morgan fingerprint density at radius 2 is 1.44 bits per heavy atom. The first kappa shape index (κ1) is 27.1. The third kappa shape index (κ3) is 5.32. The van der Waals surface area contributed by atoms with E-state index in [2.05, 4.69) is 69.3 Å². The summed E-state index contributed by atoms with van der Waals surface area (Å²) in [5.74, 6) is -0.801. The molecule has 1 aliphatic heterocycles. The van der Waals surface area contributed by atoms with Crippen LogP contribution in [0, 0.1) is 0 Å². The van der Waals surface area contributed by atoms with Crippen molar-refractivity contribution in [3.8, 4) is 0 Å². The highest BCUT2D eigenvalue weighted by atomic mass is 28.4. The second-order valence-electron chi connectivity index (χ2n) is 11.0. The van der Waals surface area contributed by atoms with Gasteiger partial charge in [-0.15, -0.1) is 0 Å². The molecule has 188 valence electrons. The fourth-order valence-corrected chi connectivity index (χ4v) is 9.73. The fourth-order valence-electron chi connectivity index (χ4n) is 5.16. The van der Waals surface area contributed by atoms with Crippen molar-refractivity contribution < 1.29 is 23.7 Å². The molecule has 2 aromatic rings. The van der Waals surface area contributed by atoms with Gasteiger partial charge in [0, 0.05) is 7.11 Å². The van der Waals surface area contributed by atoms with E-state index in [-0.39, 0.29) is 11.1 Å².